The minimum Gasteiger partial charge on any atom is -0.375 e. The lowest BCUT2D eigenvalue weighted by Gasteiger charge is -2.18. The predicted octanol–water partition coefficient (Wildman–Crippen LogP) is 3.99. The summed E-state index contributed by atoms with van der Waals surface area (Å²) in [5, 5.41) is -0.0666. The normalized spacial score (nSPS) is 12.2. The third-order valence-corrected chi connectivity index (χ3v) is 3.77. The molecule has 0 saturated carbocycles. The summed E-state index contributed by atoms with van der Waals surface area (Å²) in [7, 11) is 0. The van der Waals surface area contributed by atoms with Gasteiger partial charge in [-0.1, -0.05) is 52.4 Å². The maximum Gasteiger partial charge on any atom is 0.246 e. The van der Waals surface area contributed by atoms with E-state index < -0.39 is 0 Å². The smallest absolute Gasteiger partial charge is 0.246 e. The van der Waals surface area contributed by atoms with Crippen LogP contribution in [0.15, 0.2) is 0 Å². The Morgan fingerprint density at radius 1 is 1.22 bits per heavy atom. The molecule has 0 heterocycles. The van der Waals surface area contributed by atoms with Crippen LogP contribution in [0.1, 0.15) is 65.2 Å². The Balaban J connectivity index is 3.89. The van der Waals surface area contributed by atoms with Gasteiger partial charge in [-0.2, -0.15) is 4.42 Å². The van der Waals surface area contributed by atoms with Crippen LogP contribution in [0.3, 0.4) is 0 Å². The Hall–Kier alpha value is -0.350. The first-order valence-corrected chi connectivity index (χ1v) is 7.58. The standard InChI is InChI=1S/C13H25ClN2OS/c1-3-5-6-7-8-9-10-11(4-2)12(17)16(14)13(15)18/h11H,3-10H2,1-2H3,(H2,15,18). The third kappa shape index (κ3) is 7.17. The second kappa shape index (κ2) is 10.6. The average molecular weight is 293 g/mol. The van der Waals surface area contributed by atoms with E-state index in [0.717, 1.165) is 23.7 Å². The summed E-state index contributed by atoms with van der Waals surface area (Å²) in [5.74, 6) is -0.226. The number of hydrogen-bond donors (Lipinski definition) is 1. The molecule has 0 aliphatic rings. The summed E-state index contributed by atoms with van der Waals surface area (Å²) in [6, 6.07) is 0. The van der Waals surface area contributed by atoms with Crippen molar-refractivity contribution in [3.05, 3.63) is 0 Å². The summed E-state index contributed by atoms with van der Waals surface area (Å²) < 4.78 is 0.876. The van der Waals surface area contributed by atoms with E-state index in [-0.39, 0.29) is 16.9 Å². The Morgan fingerprint density at radius 2 is 1.78 bits per heavy atom. The molecule has 0 spiro atoms. The van der Waals surface area contributed by atoms with E-state index in [0.29, 0.717) is 0 Å². The Kier molecular flexibility index (Phi) is 10.4. The lowest BCUT2D eigenvalue weighted by atomic mass is 9.97. The Morgan fingerprint density at radius 3 is 2.28 bits per heavy atom. The summed E-state index contributed by atoms with van der Waals surface area (Å²) in [6.45, 7) is 4.19. The fraction of sp³-hybridized carbons (Fsp3) is 0.846. The molecule has 0 fully saturated rings. The van der Waals surface area contributed by atoms with Crippen molar-refractivity contribution in [2.24, 2.45) is 11.7 Å². The van der Waals surface area contributed by atoms with Crippen molar-refractivity contribution in [1.29, 1.82) is 0 Å². The number of halogens is 1. The molecule has 0 aliphatic heterocycles. The molecule has 18 heavy (non-hydrogen) atoms. The number of carbonyl (C=O) groups is 1. The number of unbranched alkanes of at least 4 members (excludes halogenated alkanes) is 5. The average Bonchev–Trinajstić information content (AvgIpc) is 2.36. The second-order valence-corrected chi connectivity index (χ2v) is 5.38. The topological polar surface area (TPSA) is 46.3 Å². The second-order valence-electron chi connectivity index (χ2n) is 4.62. The molecule has 0 aromatic carbocycles. The SMILES string of the molecule is CCCCCCCCC(CC)C(=O)N(Cl)C(N)=S. The zero-order chi connectivity index (χ0) is 14.0. The first-order chi connectivity index (χ1) is 8.54. The summed E-state index contributed by atoms with van der Waals surface area (Å²) in [5.41, 5.74) is 5.34. The van der Waals surface area contributed by atoms with Crippen LogP contribution >= 0.6 is 24.0 Å². The first kappa shape index (κ1) is 17.6. The van der Waals surface area contributed by atoms with Gasteiger partial charge in [-0.05, 0) is 25.1 Å². The van der Waals surface area contributed by atoms with Gasteiger partial charge in [0, 0.05) is 17.7 Å². The van der Waals surface area contributed by atoms with Gasteiger partial charge in [0.05, 0.1) is 0 Å². The van der Waals surface area contributed by atoms with Crippen molar-refractivity contribution in [2.45, 2.75) is 65.2 Å². The summed E-state index contributed by atoms with van der Waals surface area (Å²) >= 11 is 10.4. The maximum atomic E-state index is 11.9. The number of thiocarbonyl (C=S) groups is 1. The number of nitrogens with zero attached hydrogens (tertiary/aromatic N) is 1. The van der Waals surface area contributed by atoms with E-state index in [1.54, 1.807) is 0 Å². The molecule has 0 rings (SSSR count). The van der Waals surface area contributed by atoms with Gasteiger partial charge in [0.1, 0.15) is 0 Å². The molecule has 0 bridgehead atoms. The highest BCUT2D eigenvalue weighted by molar-refractivity contribution is 7.80. The minimum atomic E-state index is -0.166. The highest BCUT2D eigenvalue weighted by atomic mass is 35.5. The molecule has 0 radical (unpaired) electrons. The van der Waals surface area contributed by atoms with Crippen LogP contribution in [0.4, 0.5) is 0 Å². The molecule has 0 saturated heterocycles. The highest BCUT2D eigenvalue weighted by Crippen LogP contribution is 2.18. The highest BCUT2D eigenvalue weighted by Gasteiger charge is 2.22. The van der Waals surface area contributed by atoms with Gasteiger partial charge in [0.25, 0.3) is 0 Å². The van der Waals surface area contributed by atoms with Crippen molar-refractivity contribution in [2.75, 3.05) is 0 Å². The third-order valence-electron chi connectivity index (χ3n) is 3.14. The zero-order valence-corrected chi connectivity index (χ0v) is 13.0. The Bertz CT molecular complexity index is 261. The molecule has 0 aromatic rings. The van der Waals surface area contributed by atoms with Gasteiger partial charge < -0.3 is 5.73 Å². The van der Waals surface area contributed by atoms with E-state index in [1.165, 1.54) is 32.1 Å². The fourth-order valence-electron chi connectivity index (χ4n) is 1.94. The van der Waals surface area contributed by atoms with Crippen LogP contribution in [0.5, 0.6) is 0 Å². The van der Waals surface area contributed by atoms with Crippen molar-refractivity contribution < 1.29 is 4.79 Å². The van der Waals surface area contributed by atoms with Crippen molar-refractivity contribution >= 4 is 35.0 Å². The first-order valence-electron chi connectivity index (χ1n) is 6.83. The minimum absolute atomic E-state index is 0.0600. The maximum absolute atomic E-state index is 11.9. The van der Waals surface area contributed by atoms with Crippen LogP contribution in [0.25, 0.3) is 0 Å². The van der Waals surface area contributed by atoms with Gasteiger partial charge in [-0.3, -0.25) is 4.79 Å². The molecule has 5 heteroatoms. The van der Waals surface area contributed by atoms with Gasteiger partial charge in [-0.15, -0.1) is 0 Å². The number of nitrogens with two attached hydrogens (primary N) is 1. The quantitative estimate of drug-likeness (QED) is 0.397. The van der Waals surface area contributed by atoms with E-state index in [9.17, 15) is 4.79 Å². The molecule has 0 aliphatic carbocycles. The van der Waals surface area contributed by atoms with E-state index in [1.807, 2.05) is 6.92 Å². The molecule has 1 unspecified atom stereocenters. The van der Waals surface area contributed by atoms with Crippen molar-refractivity contribution in [3.63, 3.8) is 0 Å². The number of rotatable bonds is 9. The van der Waals surface area contributed by atoms with Crippen LogP contribution in [-0.4, -0.2) is 15.4 Å². The van der Waals surface area contributed by atoms with E-state index in [4.69, 9.17) is 29.7 Å². The number of carbonyl (C=O) groups excluding carboxylic acids is 1. The molecular weight excluding hydrogens is 268 g/mol. The number of hydrogen-bond acceptors (Lipinski definition) is 2. The lowest BCUT2D eigenvalue weighted by molar-refractivity contribution is -0.128. The summed E-state index contributed by atoms with van der Waals surface area (Å²) in [4.78, 5) is 11.9. The molecule has 1 atom stereocenters. The molecular formula is C13H25ClN2OS. The van der Waals surface area contributed by atoms with Gasteiger partial charge in [0.2, 0.25) is 5.91 Å². The van der Waals surface area contributed by atoms with Gasteiger partial charge in [-0.25, -0.2) is 0 Å². The van der Waals surface area contributed by atoms with E-state index in [2.05, 4.69) is 6.92 Å². The Labute approximate surface area is 121 Å². The fourth-order valence-corrected chi connectivity index (χ4v) is 2.17. The van der Waals surface area contributed by atoms with E-state index >= 15 is 0 Å². The van der Waals surface area contributed by atoms with Crippen LogP contribution in [0, 0.1) is 5.92 Å². The van der Waals surface area contributed by atoms with Crippen LogP contribution in [-0.2, 0) is 4.79 Å². The van der Waals surface area contributed by atoms with Gasteiger partial charge in [0.15, 0.2) is 5.11 Å². The zero-order valence-electron chi connectivity index (χ0n) is 11.5. The largest absolute Gasteiger partial charge is 0.375 e. The van der Waals surface area contributed by atoms with Crippen LogP contribution in [0.2, 0.25) is 0 Å². The monoisotopic (exact) mass is 292 g/mol. The van der Waals surface area contributed by atoms with Crippen LogP contribution < -0.4 is 5.73 Å². The molecule has 0 aromatic heterocycles. The molecule has 3 nitrogen and oxygen atoms in total. The molecule has 2 N–H and O–H groups in total. The van der Waals surface area contributed by atoms with Crippen molar-refractivity contribution in [1.82, 2.24) is 4.42 Å². The number of amides is 1. The predicted molar refractivity (Wildman–Crippen MR) is 81.3 cm³/mol. The van der Waals surface area contributed by atoms with Crippen molar-refractivity contribution in [3.8, 4) is 0 Å². The van der Waals surface area contributed by atoms with Gasteiger partial charge >= 0.3 is 0 Å². The summed E-state index contributed by atoms with van der Waals surface area (Å²) in [6.07, 6.45) is 8.98. The molecule has 1 amide bonds. The lowest BCUT2D eigenvalue weighted by Crippen LogP contribution is -2.37. The molecule has 106 valence electrons.